The number of benzene rings is 1. The predicted molar refractivity (Wildman–Crippen MR) is 70.3 cm³/mol. The lowest BCUT2D eigenvalue weighted by atomic mass is 9.93. The summed E-state index contributed by atoms with van der Waals surface area (Å²) in [6.45, 7) is 1.88. The molecule has 1 aliphatic rings. The lowest BCUT2D eigenvalue weighted by Gasteiger charge is -2.32. The van der Waals surface area contributed by atoms with Crippen LogP contribution in [0, 0.1) is 0 Å². The first-order chi connectivity index (χ1) is 9.13. The Balaban J connectivity index is 1.91. The average Bonchev–Trinajstić information content (AvgIpc) is 2.46. The summed E-state index contributed by atoms with van der Waals surface area (Å²) in [6.07, 6.45) is 1.38. The Hall–Kier alpha value is -1.59. The monoisotopic (exact) mass is 265 g/mol. The van der Waals surface area contributed by atoms with Crippen molar-refractivity contribution in [1.29, 1.82) is 0 Å². The van der Waals surface area contributed by atoms with Gasteiger partial charge < -0.3 is 19.9 Å². The van der Waals surface area contributed by atoms with Crippen LogP contribution in [0.15, 0.2) is 24.3 Å². The van der Waals surface area contributed by atoms with Gasteiger partial charge in [-0.05, 0) is 50.2 Å². The Morgan fingerprint density at radius 2 is 1.95 bits per heavy atom. The molecule has 0 aliphatic carbocycles. The van der Waals surface area contributed by atoms with E-state index in [-0.39, 0.29) is 12.6 Å². The Morgan fingerprint density at radius 3 is 2.53 bits per heavy atom. The average molecular weight is 265 g/mol. The molecule has 1 heterocycles. The van der Waals surface area contributed by atoms with Gasteiger partial charge in [0.1, 0.15) is 18.0 Å². The molecule has 0 radical (unpaired) electrons. The van der Waals surface area contributed by atoms with Crippen LogP contribution in [0.3, 0.4) is 0 Å². The van der Waals surface area contributed by atoms with Gasteiger partial charge in [-0.25, -0.2) is 4.79 Å². The maximum Gasteiger partial charge on any atom is 0.337 e. The van der Waals surface area contributed by atoms with E-state index in [1.807, 2.05) is 0 Å². The summed E-state index contributed by atoms with van der Waals surface area (Å²) in [5.74, 6) is 0.267. The minimum Gasteiger partial charge on any atom is -0.491 e. The minimum absolute atomic E-state index is 0.270. The van der Waals surface area contributed by atoms with Crippen molar-refractivity contribution in [1.82, 2.24) is 5.32 Å². The second-order valence-electron chi connectivity index (χ2n) is 4.78. The predicted octanol–water partition coefficient (Wildman–Crippen LogP) is 0.966. The van der Waals surface area contributed by atoms with Crippen molar-refractivity contribution in [2.75, 3.05) is 26.8 Å². The third-order valence-corrected chi connectivity index (χ3v) is 3.32. The maximum absolute atomic E-state index is 11.3. The van der Waals surface area contributed by atoms with Crippen LogP contribution >= 0.6 is 0 Å². The van der Waals surface area contributed by atoms with Crippen LogP contribution in [0.5, 0.6) is 5.75 Å². The third kappa shape index (κ3) is 3.68. The molecule has 104 valence electrons. The molecule has 1 saturated heterocycles. The van der Waals surface area contributed by atoms with E-state index in [9.17, 15) is 9.90 Å². The summed E-state index contributed by atoms with van der Waals surface area (Å²) in [5.41, 5.74) is -0.276. The maximum atomic E-state index is 11.3. The van der Waals surface area contributed by atoms with Crippen LogP contribution in [0.1, 0.15) is 23.2 Å². The van der Waals surface area contributed by atoms with Crippen LogP contribution < -0.4 is 10.1 Å². The molecule has 2 rings (SSSR count). The number of piperidine rings is 1. The topological polar surface area (TPSA) is 67.8 Å². The van der Waals surface area contributed by atoms with E-state index in [1.54, 1.807) is 24.3 Å². The zero-order valence-corrected chi connectivity index (χ0v) is 11.0. The molecule has 2 N–H and O–H groups in total. The van der Waals surface area contributed by atoms with E-state index in [0.29, 0.717) is 24.2 Å². The number of esters is 1. The minimum atomic E-state index is -0.758. The fraction of sp³-hybridized carbons (Fsp3) is 0.500. The summed E-state index contributed by atoms with van der Waals surface area (Å²) in [6, 6.07) is 6.70. The number of rotatable bonds is 4. The number of hydrogen-bond acceptors (Lipinski definition) is 5. The summed E-state index contributed by atoms with van der Waals surface area (Å²) in [7, 11) is 1.35. The molecule has 0 bridgehead atoms. The van der Waals surface area contributed by atoms with Crippen molar-refractivity contribution in [3.05, 3.63) is 29.8 Å². The molecule has 5 nitrogen and oxygen atoms in total. The zero-order valence-electron chi connectivity index (χ0n) is 11.0. The quantitative estimate of drug-likeness (QED) is 0.794. The van der Waals surface area contributed by atoms with Gasteiger partial charge in [0.25, 0.3) is 0 Å². The molecule has 1 fully saturated rings. The molecule has 0 aromatic heterocycles. The fourth-order valence-electron chi connectivity index (χ4n) is 2.06. The zero-order chi connectivity index (χ0) is 13.7. The lowest BCUT2D eigenvalue weighted by molar-refractivity contribution is -0.0286. The molecule has 0 saturated carbocycles. The van der Waals surface area contributed by atoms with Crippen molar-refractivity contribution in [2.45, 2.75) is 18.4 Å². The first-order valence-electron chi connectivity index (χ1n) is 6.37. The highest BCUT2D eigenvalue weighted by Gasteiger charge is 2.29. The van der Waals surface area contributed by atoms with E-state index in [2.05, 4.69) is 10.1 Å². The Labute approximate surface area is 112 Å². The SMILES string of the molecule is COC(=O)c1ccc(OCC2(O)CCNCC2)cc1. The normalized spacial score (nSPS) is 17.8. The molecule has 0 amide bonds. The summed E-state index contributed by atoms with van der Waals surface area (Å²) < 4.78 is 10.2. The first-order valence-corrected chi connectivity index (χ1v) is 6.37. The van der Waals surface area contributed by atoms with E-state index in [0.717, 1.165) is 13.1 Å². The Kier molecular flexibility index (Phi) is 4.39. The van der Waals surface area contributed by atoms with E-state index in [1.165, 1.54) is 7.11 Å². The van der Waals surface area contributed by atoms with Crippen molar-refractivity contribution in [2.24, 2.45) is 0 Å². The molecule has 0 atom stereocenters. The van der Waals surface area contributed by atoms with Crippen molar-refractivity contribution >= 4 is 5.97 Å². The smallest absolute Gasteiger partial charge is 0.337 e. The Morgan fingerprint density at radius 1 is 1.32 bits per heavy atom. The molecular formula is C14H19NO4. The van der Waals surface area contributed by atoms with Crippen molar-refractivity contribution in [3.63, 3.8) is 0 Å². The van der Waals surface area contributed by atoms with Crippen molar-refractivity contribution in [3.8, 4) is 5.75 Å². The van der Waals surface area contributed by atoms with Crippen LogP contribution in [0.4, 0.5) is 0 Å². The van der Waals surface area contributed by atoms with Crippen LogP contribution in [-0.2, 0) is 4.74 Å². The van der Waals surface area contributed by atoms with Gasteiger partial charge in [0.05, 0.1) is 12.7 Å². The second-order valence-corrected chi connectivity index (χ2v) is 4.78. The number of carbonyl (C=O) groups excluding carboxylic acids is 1. The van der Waals surface area contributed by atoms with Crippen LogP contribution in [0.2, 0.25) is 0 Å². The molecule has 0 spiro atoms. The third-order valence-electron chi connectivity index (χ3n) is 3.32. The Bertz CT molecular complexity index is 424. The highest BCUT2D eigenvalue weighted by molar-refractivity contribution is 5.89. The standard InChI is InChI=1S/C14H19NO4/c1-18-13(16)11-2-4-12(5-3-11)19-10-14(17)6-8-15-9-7-14/h2-5,15,17H,6-10H2,1H3. The number of ether oxygens (including phenoxy) is 2. The highest BCUT2D eigenvalue weighted by atomic mass is 16.5. The van der Waals surface area contributed by atoms with Gasteiger partial charge in [0.2, 0.25) is 0 Å². The van der Waals surface area contributed by atoms with Gasteiger partial charge in [-0.15, -0.1) is 0 Å². The van der Waals surface area contributed by atoms with Gasteiger partial charge >= 0.3 is 5.97 Å². The number of aliphatic hydroxyl groups is 1. The number of nitrogens with one attached hydrogen (secondary N) is 1. The molecule has 5 heteroatoms. The van der Waals surface area contributed by atoms with Gasteiger partial charge in [0, 0.05) is 0 Å². The second kappa shape index (κ2) is 6.04. The summed E-state index contributed by atoms with van der Waals surface area (Å²) in [5, 5.41) is 13.5. The van der Waals surface area contributed by atoms with Crippen LogP contribution in [-0.4, -0.2) is 43.5 Å². The summed E-state index contributed by atoms with van der Waals surface area (Å²) in [4.78, 5) is 11.3. The van der Waals surface area contributed by atoms with Gasteiger partial charge in [-0.3, -0.25) is 0 Å². The van der Waals surface area contributed by atoms with Gasteiger partial charge in [-0.1, -0.05) is 0 Å². The molecule has 19 heavy (non-hydrogen) atoms. The molecule has 0 unspecified atom stereocenters. The first kappa shape index (κ1) is 13.8. The molecule has 1 aromatic rings. The van der Waals surface area contributed by atoms with E-state index < -0.39 is 5.60 Å². The highest BCUT2D eigenvalue weighted by Crippen LogP contribution is 2.20. The van der Waals surface area contributed by atoms with Crippen LogP contribution in [0.25, 0.3) is 0 Å². The summed E-state index contributed by atoms with van der Waals surface area (Å²) >= 11 is 0. The number of hydrogen-bond donors (Lipinski definition) is 2. The van der Waals surface area contributed by atoms with E-state index in [4.69, 9.17) is 4.74 Å². The van der Waals surface area contributed by atoms with Crippen molar-refractivity contribution < 1.29 is 19.4 Å². The van der Waals surface area contributed by atoms with Gasteiger partial charge in [0.15, 0.2) is 0 Å². The largest absolute Gasteiger partial charge is 0.491 e. The lowest BCUT2D eigenvalue weighted by Crippen LogP contribution is -2.45. The number of methoxy groups -OCH3 is 1. The fourth-order valence-corrected chi connectivity index (χ4v) is 2.06. The van der Waals surface area contributed by atoms with Gasteiger partial charge in [-0.2, -0.15) is 0 Å². The molecular weight excluding hydrogens is 246 g/mol. The number of carbonyl (C=O) groups is 1. The molecule has 1 aliphatic heterocycles. The van der Waals surface area contributed by atoms with E-state index >= 15 is 0 Å². The molecule has 1 aromatic carbocycles.